The van der Waals surface area contributed by atoms with Gasteiger partial charge in [-0.05, 0) is 6.42 Å². The third kappa shape index (κ3) is 0.626. The smallest absolute Gasteiger partial charge is 0.189 e. The predicted molar refractivity (Wildman–Crippen MR) is 31.2 cm³/mol. The highest BCUT2D eigenvalue weighted by atomic mass is 15.3. The Kier molecular flexibility index (Phi) is 1.09. The lowest BCUT2D eigenvalue weighted by molar-refractivity contribution is 0.187. The van der Waals surface area contributed by atoms with Crippen LogP contribution in [0.15, 0.2) is 0 Å². The molecule has 8 heavy (non-hydrogen) atoms. The molecule has 46 valence electrons. The van der Waals surface area contributed by atoms with Crippen LogP contribution < -0.4 is 11.5 Å². The molecule has 1 heterocycles. The Hall–Kier alpha value is -0.770. The van der Waals surface area contributed by atoms with Crippen molar-refractivity contribution in [3.63, 3.8) is 0 Å². The van der Waals surface area contributed by atoms with Crippen molar-refractivity contribution >= 4 is 5.96 Å². The van der Waals surface area contributed by atoms with Crippen LogP contribution in [0.3, 0.4) is 0 Å². The van der Waals surface area contributed by atoms with Crippen LogP contribution in [0.4, 0.5) is 0 Å². The Morgan fingerprint density at radius 3 is 2.38 bits per heavy atom. The van der Waals surface area contributed by atoms with Gasteiger partial charge in [0.2, 0.25) is 0 Å². The van der Waals surface area contributed by atoms with Gasteiger partial charge in [0.1, 0.15) is 0 Å². The first kappa shape index (κ1) is 5.37. The number of likely N-dealkylation sites (tertiary alicyclic amines) is 1. The van der Waals surface area contributed by atoms with Gasteiger partial charge in [0.25, 0.3) is 0 Å². The molecule has 0 bridgehead atoms. The molecule has 1 aliphatic rings. The summed E-state index contributed by atoms with van der Waals surface area (Å²) in [4.78, 5) is 1.65. The van der Waals surface area contributed by atoms with Crippen molar-refractivity contribution in [1.29, 1.82) is 5.41 Å². The van der Waals surface area contributed by atoms with Crippen molar-refractivity contribution in [2.24, 2.45) is 11.5 Å². The topological polar surface area (TPSA) is 79.1 Å². The van der Waals surface area contributed by atoms with Crippen LogP contribution in [0.25, 0.3) is 0 Å². The van der Waals surface area contributed by atoms with Gasteiger partial charge in [0.15, 0.2) is 5.96 Å². The minimum absolute atomic E-state index is 0.00694. The monoisotopic (exact) mass is 114 g/mol. The van der Waals surface area contributed by atoms with E-state index in [0.717, 1.165) is 13.0 Å². The fourth-order valence-electron chi connectivity index (χ4n) is 0.706. The fourth-order valence-corrected chi connectivity index (χ4v) is 0.706. The number of nitrogens with one attached hydrogen (secondary N) is 1. The Balaban J connectivity index is 2.37. The molecule has 0 unspecified atom stereocenters. The van der Waals surface area contributed by atoms with Gasteiger partial charge in [0, 0.05) is 6.54 Å². The Morgan fingerprint density at radius 2 is 2.38 bits per heavy atom. The van der Waals surface area contributed by atoms with Crippen molar-refractivity contribution in [3.8, 4) is 0 Å². The van der Waals surface area contributed by atoms with Crippen molar-refractivity contribution < 1.29 is 0 Å². The van der Waals surface area contributed by atoms with E-state index in [1.807, 2.05) is 0 Å². The van der Waals surface area contributed by atoms with Gasteiger partial charge in [-0.25, -0.2) is 0 Å². The third-order valence-corrected chi connectivity index (χ3v) is 1.38. The van der Waals surface area contributed by atoms with Crippen LogP contribution in [0, 0.1) is 5.41 Å². The zero-order valence-corrected chi connectivity index (χ0v) is 4.59. The third-order valence-electron chi connectivity index (χ3n) is 1.38. The van der Waals surface area contributed by atoms with Crippen molar-refractivity contribution in [3.05, 3.63) is 0 Å². The first-order chi connectivity index (χ1) is 3.72. The zero-order valence-electron chi connectivity index (χ0n) is 4.59. The molecule has 5 N–H and O–H groups in total. The fraction of sp³-hybridized carbons (Fsp3) is 0.750. The molecule has 4 nitrogen and oxygen atoms in total. The maximum Gasteiger partial charge on any atom is 0.189 e. The summed E-state index contributed by atoms with van der Waals surface area (Å²) in [5, 5.41) is 6.91. The summed E-state index contributed by atoms with van der Waals surface area (Å²) < 4.78 is 0. The number of nitrogens with two attached hydrogens (primary N) is 2. The average molecular weight is 114 g/mol. The van der Waals surface area contributed by atoms with Gasteiger partial charge in [0.05, 0.1) is 6.17 Å². The van der Waals surface area contributed by atoms with Crippen LogP contribution in [-0.2, 0) is 0 Å². The normalized spacial score (nSPS) is 27.1. The van der Waals surface area contributed by atoms with Gasteiger partial charge in [-0.3, -0.25) is 5.41 Å². The maximum atomic E-state index is 6.91. The first-order valence-electron chi connectivity index (χ1n) is 2.58. The lowest BCUT2D eigenvalue weighted by atomic mass is 10.2. The molecule has 0 aromatic carbocycles. The molecule has 0 aromatic heterocycles. The Labute approximate surface area is 48.0 Å². The second kappa shape index (κ2) is 1.63. The number of rotatable bonds is 0. The van der Waals surface area contributed by atoms with Crippen LogP contribution in [-0.4, -0.2) is 23.6 Å². The zero-order chi connectivity index (χ0) is 6.15. The Morgan fingerprint density at radius 1 is 1.75 bits per heavy atom. The average Bonchev–Trinajstić information content (AvgIpc) is 1.61. The summed E-state index contributed by atoms with van der Waals surface area (Å²) in [6, 6.07) is 0. The molecule has 1 fully saturated rings. The molecule has 0 aromatic rings. The van der Waals surface area contributed by atoms with E-state index in [9.17, 15) is 0 Å². The maximum absolute atomic E-state index is 6.91. The van der Waals surface area contributed by atoms with Crippen LogP contribution in [0.5, 0.6) is 0 Å². The van der Waals surface area contributed by atoms with E-state index < -0.39 is 0 Å². The van der Waals surface area contributed by atoms with E-state index in [1.165, 1.54) is 0 Å². The molecular weight excluding hydrogens is 104 g/mol. The largest absolute Gasteiger partial charge is 0.370 e. The summed E-state index contributed by atoms with van der Waals surface area (Å²) in [5.74, 6) is 0.0868. The number of nitrogens with zero attached hydrogens (tertiary/aromatic N) is 1. The lowest BCUT2D eigenvalue weighted by Gasteiger charge is -2.38. The molecule has 1 atom stereocenters. The van der Waals surface area contributed by atoms with Gasteiger partial charge in [-0.2, -0.15) is 0 Å². The Bertz CT molecular complexity index is 111. The van der Waals surface area contributed by atoms with Gasteiger partial charge in [-0.1, -0.05) is 0 Å². The highest BCUT2D eigenvalue weighted by Crippen LogP contribution is 2.09. The van der Waals surface area contributed by atoms with E-state index in [4.69, 9.17) is 16.9 Å². The van der Waals surface area contributed by atoms with E-state index in [1.54, 1.807) is 4.90 Å². The summed E-state index contributed by atoms with van der Waals surface area (Å²) in [6.45, 7) is 0.844. The van der Waals surface area contributed by atoms with Gasteiger partial charge in [-0.15, -0.1) is 0 Å². The summed E-state index contributed by atoms with van der Waals surface area (Å²) in [6.07, 6.45) is 0.965. The van der Waals surface area contributed by atoms with E-state index >= 15 is 0 Å². The van der Waals surface area contributed by atoms with Crippen LogP contribution >= 0.6 is 0 Å². The minimum atomic E-state index is 0.00694. The van der Waals surface area contributed by atoms with Crippen LogP contribution in [0.2, 0.25) is 0 Å². The molecule has 1 rings (SSSR count). The molecule has 0 spiro atoms. The van der Waals surface area contributed by atoms with Crippen molar-refractivity contribution in [2.45, 2.75) is 12.6 Å². The van der Waals surface area contributed by atoms with E-state index in [-0.39, 0.29) is 12.1 Å². The number of guanidine groups is 1. The van der Waals surface area contributed by atoms with Gasteiger partial charge < -0.3 is 16.4 Å². The number of hydrogen-bond donors (Lipinski definition) is 3. The molecule has 0 aliphatic carbocycles. The molecule has 0 saturated carbocycles. The predicted octanol–water partition coefficient (Wildman–Crippen LogP) is -1.13. The summed E-state index contributed by atoms with van der Waals surface area (Å²) >= 11 is 0. The highest BCUT2D eigenvalue weighted by molar-refractivity contribution is 5.75. The molecular formula is C4H10N4. The summed E-state index contributed by atoms with van der Waals surface area (Å²) in [7, 11) is 0. The molecule has 1 aliphatic heterocycles. The van der Waals surface area contributed by atoms with Crippen molar-refractivity contribution in [2.75, 3.05) is 6.54 Å². The molecule has 0 radical (unpaired) electrons. The minimum Gasteiger partial charge on any atom is -0.370 e. The van der Waals surface area contributed by atoms with Crippen LogP contribution in [0.1, 0.15) is 6.42 Å². The van der Waals surface area contributed by atoms with E-state index in [2.05, 4.69) is 0 Å². The second-order valence-electron chi connectivity index (χ2n) is 1.93. The first-order valence-corrected chi connectivity index (χ1v) is 2.58. The van der Waals surface area contributed by atoms with Crippen molar-refractivity contribution in [1.82, 2.24) is 4.90 Å². The highest BCUT2D eigenvalue weighted by Gasteiger charge is 2.24. The summed E-state index contributed by atoms with van der Waals surface area (Å²) in [5.41, 5.74) is 10.5. The molecule has 4 heteroatoms. The second-order valence-corrected chi connectivity index (χ2v) is 1.93. The number of hydrogen-bond acceptors (Lipinski definition) is 2. The lowest BCUT2D eigenvalue weighted by Crippen LogP contribution is -2.58. The standard InChI is InChI=1S/C4H10N4/c5-3-1-2-8(3)4(6)7/h3H,1-2,5H2,(H3,6,7)/t3-/m1/s1. The van der Waals surface area contributed by atoms with E-state index in [0.29, 0.717) is 0 Å². The molecule has 0 amide bonds. The quantitative estimate of drug-likeness (QED) is 0.275. The molecule has 1 saturated heterocycles. The SMILES string of the molecule is N=C(N)N1CC[C@@H]1N. The van der Waals surface area contributed by atoms with Gasteiger partial charge >= 0.3 is 0 Å².